The molecule has 7 heteroatoms. The Morgan fingerprint density at radius 3 is 2.61 bits per heavy atom. The molecular formula is C16H16N2O4S. The van der Waals surface area contributed by atoms with E-state index in [0.717, 1.165) is 17.3 Å². The van der Waals surface area contributed by atoms with Gasteiger partial charge in [0.1, 0.15) is 5.75 Å². The summed E-state index contributed by atoms with van der Waals surface area (Å²) in [5.41, 5.74) is 5.74. The van der Waals surface area contributed by atoms with Crippen molar-refractivity contribution in [2.24, 2.45) is 5.73 Å². The van der Waals surface area contributed by atoms with Crippen LogP contribution in [0, 0.1) is 0 Å². The molecule has 1 aliphatic rings. The van der Waals surface area contributed by atoms with Gasteiger partial charge in [0.25, 0.3) is 17.1 Å². The fraction of sp³-hybridized carbons (Fsp3) is 0.188. The predicted octanol–water partition coefficient (Wildman–Crippen LogP) is 2.16. The second-order valence-corrected chi connectivity index (χ2v) is 5.85. The normalized spacial score (nSPS) is 17.4. The van der Waals surface area contributed by atoms with Crippen molar-refractivity contribution in [3.8, 4) is 5.75 Å². The number of amides is 3. The van der Waals surface area contributed by atoms with Crippen LogP contribution in [0.25, 0.3) is 6.08 Å². The number of primary amides is 1. The summed E-state index contributed by atoms with van der Waals surface area (Å²) in [6, 6.07) is 6.41. The topological polar surface area (TPSA) is 89.7 Å². The highest BCUT2D eigenvalue weighted by Gasteiger charge is 2.37. The van der Waals surface area contributed by atoms with E-state index < -0.39 is 5.91 Å². The number of hydrogen-bond acceptors (Lipinski definition) is 5. The number of carbonyl (C=O) groups is 3. The van der Waals surface area contributed by atoms with Gasteiger partial charge in [-0.15, -0.1) is 6.58 Å². The van der Waals surface area contributed by atoms with Crippen LogP contribution in [0.5, 0.6) is 5.75 Å². The fourth-order valence-electron chi connectivity index (χ4n) is 1.90. The van der Waals surface area contributed by atoms with E-state index in [2.05, 4.69) is 6.58 Å². The molecule has 0 saturated carbocycles. The van der Waals surface area contributed by atoms with Crippen molar-refractivity contribution in [2.75, 3.05) is 6.61 Å². The highest BCUT2D eigenvalue weighted by molar-refractivity contribution is 8.18. The smallest absolute Gasteiger partial charge is 0.294 e. The van der Waals surface area contributed by atoms with Crippen molar-refractivity contribution < 1.29 is 19.1 Å². The monoisotopic (exact) mass is 332 g/mol. The van der Waals surface area contributed by atoms with Gasteiger partial charge in [-0.3, -0.25) is 19.3 Å². The molecule has 0 aromatic heterocycles. The SMILES string of the molecule is C=C[C@H](C)N1C(=O)S/C(=C\c2ccc(OCC(N)=O)cc2)C1=O. The second-order valence-electron chi connectivity index (χ2n) is 4.85. The van der Waals surface area contributed by atoms with Crippen molar-refractivity contribution in [3.63, 3.8) is 0 Å². The molecule has 0 radical (unpaired) electrons. The maximum Gasteiger partial charge on any atom is 0.294 e. The van der Waals surface area contributed by atoms with Crippen molar-refractivity contribution in [3.05, 3.63) is 47.4 Å². The van der Waals surface area contributed by atoms with Crippen molar-refractivity contribution >= 4 is 34.9 Å². The van der Waals surface area contributed by atoms with Gasteiger partial charge in [-0.25, -0.2) is 0 Å². The van der Waals surface area contributed by atoms with Gasteiger partial charge in [-0.05, 0) is 42.5 Å². The maximum absolute atomic E-state index is 12.3. The molecule has 0 aliphatic carbocycles. The van der Waals surface area contributed by atoms with Gasteiger partial charge in [0.05, 0.1) is 10.9 Å². The molecule has 1 atom stereocenters. The molecule has 1 aromatic carbocycles. The largest absolute Gasteiger partial charge is 0.484 e. The molecule has 2 N–H and O–H groups in total. The first-order chi connectivity index (χ1) is 10.9. The number of nitrogens with two attached hydrogens (primary N) is 1. The second kappa shape index (κ2) is 7.15. The van der Waals surface area contributed by atoms with E-state index in [1.54, 1.807) is 43.3 Å². The molecule has 3 amide bonds. The minimum atomic E-state index is -0.556. The van der Waals surface area contributed by atoms with E-state index in [1.165, 1.54) is 4.90 Å². The lowest BCUT2D eigenvalue weighted by Crippen LogP contribution is -2.35. The van der Waals surface area contributed by atoms with Gasteiger partial charge >= 0.3 is 0 Å². The summed E-state index contributed by atoms with van der Waals surface area (Å²) in [6.07, 6.45) is 3.18. The van der Waals surface area contributed by atoms with Gasteiger partial charge in [0, 0.05) is 0 Å². The Labute approximate surface area is 138 Å². The van der Waals surface area contributed by atoms with Crippen LogP contribution in [-0.2, 0) is 9.59 Å². The molecule has 0 spiro atoms. The zero-order valence-corrected chi connectivity index (χ0v) is 13.3. The molecule has 0 unspecified atom stereocenters. The molecule has 120 valence electrons. The van der Waals surface area contributed by atoms with E-state index in [4.69, 9.17) is 10.5 Å². The summed E-state index contributed by atoms with van der Waals surface area (Å²) in [5.74, 6) is -0.394. The zero-order valence-electron chi connectivity index (χ0n) is 12.5. The average Bonchev–Trinajstić information content (AvgIpc) is 2.80. The summed E-state index contributed by atoms with van der Waals surface area (Å²) >= 11 is 0.897. The first kappa shape index (κ1) is 16.8. The quantitative estimate of drug-likeness (QED) is 0.637. The highest BCUT2D eigenvalue weighted by Crippen LogP contribution is 2.33. The molecule has 1 aliphatic heterocycles. The number of hydrogen-bond donors (Lipinski definition) is 1. The number of benzene rings is 1. The van der Waals surface area contributed by atoms with Crippen LogP contribution in [0.4, 0.5) is 4.79 Å². The summed E-state index contributed by atoms with van der Waals surface area (Å²) in [7, 11) is 0. The van der Waals surface area contributed by atoms with Gasteiger partial charge in [0.15, 0.2) is 6.61 Å². The van der Waals surface area contributed by atoms with Crippen LogP contribution in [0.1, 0.15) is 12.5 Å². The number of thioether (sulfide) groups is 1. The average molecular weight is 332 g/mol. The summed E-state index contributed by atoms with van der Waals surface area (Å²) in [4.78, 5) is 36.3. The number of rotatable bonds is 6. The maximum atomic E-state index is 12.3. The molecule has 0 bridgehead atoms. The van der Waals surface area contributed by atoms with E-state index in [0.29, 0.717) is 10.7 Å². The Morgan fingerprint density at radius 1 is 1.39 bits per heavy atom. The molecule has 1 fully saturated rings. The van der Waals surface area contributed by atoms with Crippen LogP contribution in [0.15, 0.2) is 41.8 Å². The van der Waals surface area contributed by atoms with Crippen molar-refractivity contribution in [2.45, 2.75) is 13.0 Å². The van der Waals surface area contributed by atoms with Gasteiger partial charge in [0.2, 0.25) is 0 Å². The van der Waals surface area contributed by atoms with E-state index in [-0.39, 0.29) is 23.8 Å². The highest BCUT2D eigenvalue weighted by atomic mass is 32.2. The van der Waals surface area contributed by atoms with Crippen LogP contribution in [-0.4, -0.2) is 34.6 Å². The third-order valence-electron chi connectivity index (χ3n) is 3.13. The van der Waals surface area contributed by atoms with Gasteiger partial charge < -0.3 is 10.5 Å². The predicted molar refractivity (Wildman–Crippen MR) is 88.6 cm³/mol. The van der Waals surface area contributed by atoms with Gasteiger partial charge in [-0.2, -0.15) is 0 Å². The third kappa shape index (κ3) is 4.01. The number of nitrogens with zero attached hydrogens (tertiary/aromatic N) is 1. The first-order valence-corrected chi connectivity index (χ1v) is 7.65. The number of imide groups is 1. The molecule has 1 heterocycles. The van der Waals surface area contributed by atoms with Crippen LogP contribution < -0.4 is 10.5 Å². The summed E-state index contributed by atoms with van der Waals surface area (Å²) in [6.45, 7) is 5.14. The third-order valence-corrected chi connectivity index (χ3v) is 4.01. The van der Waals surface area contributed by atoms with Crippen LogP contribution >= 0.6 is 11.8 Å². The molecule has 23 heavy (non-hydrogen) atoms. The molecule has 6 nitrogen and oxygen atoms in total. The Morgan fingerprint density at radius 2 is 2.04 bits per heavy atom. The number of ether oxygens (including phenoxy) is 1. The molecule has 1 aromatic rings. The zero-order chi connectivity index (χ0) is 17.0. The Bertz CT molecular complexity index is 682. The lowest BCUT2D eigenvalue weighted by molar-refractivity contribution is -0.123. The standard InChI is InChI=1S/C16H16N2O4S/c1-3-10(2)18-15(20)13(23-16(18)21)8-11-4-6-12(7-5-11)22-9-14(17)19/h3-8,10H,1,9H2,2H3,(H2,17,19)/b13-8-/t10-/m0/s1. The Balaban J connectivity index is 2.13. The van der Waals surface area contributed by atoms with E-state index in [1.807, 2.05) is 0 Å². The molecule has 2 rings (SSSR count). The number of carbonyl (C=O) groups excluding carboxylic acids is 3. The van der Waals surface area contributed by atoms with Crippen LogP contribution in [0.2, 0.25) is 0 Å². The van der Waals surface area contributed by atoms with E-state index >= 15 is 0 Å². The van der Waals surface area contributed by atoms with Crippen molar-refractivity contribution in [1.82, 2.24) is 4.90 Å². The van der Waals surface area contributed by atoms with Crippen LogP contribution in [0.3, 0.4) is 0 Å². The molecular weight excluding hydrogens is 316 g/mol. The lowest BCUT2D eigenvalue weighted by Gasteiger charge is -2.17. The van der Waals surface area contributed by atoms with E-state index in [9.17, 15) is 14.4 Å². The summed E-state index contributed by atoms with van der Waals surface area (Å²) < 4.78 is 5.15. The Kier molecular flexibility index (Phi) is 5.23. The summed E-state index contributed by atoms with van der Waals surface area (Å²) in [5, 5.41) is -0.310. The minimum Gasteiger partial charge on any atom is -0.484 e. The minimum absolute atomic E-state index is 0.197. The van der Waals surface area contributed by atoms with Crippen molar-refractivity contribution in [1.29, 1.82) is 0 Å². The first-order valence-electron chi connectivity index (χ1n) is 6.83. The van der Waals surface area contributed by atoms with Gasteiger partial charge in [-0.1, -0.05) is 18.2 Å². The fourth-order valence-corrected chi connectivity index (χ4v) is 2.82. The molecule has 1 saturated heterocycles. The Hall–Kier alpha value is -2.54. The lowest BCUT2D eigenvalue weighted by atomic mass is 10.2.